The summed E-state index contributed by atoms with van der Waals surface area (Å²) in [5.41, 5.74) is 2.51. The van der Waals surface area contributed by atoms with Gasteiger partial charge in [-0.2, -0.15) is 5.10 Å². The smallest absolute Gasteiger partial charge is 0.151 e. The average molecular weight is 244 g/mol. The number of anilines is 1. The molecule has 1 N–H and O–H groups in total. The summed E-state index contributed by atoms with van der Waals surface area (Å²) in [5.74, 6) is 0.994. The Balaban J connectivity index is 1.59. The topological polar surface area (TPSA) is 41.0 Å². The molecular formula is C14H20N4. The molecule has 1 saturated carbocycles. The molecule has 2 heterocycles. The van der Waals surface area contributed by atoms with Crippen LogP contribution in [-0.4, -0.2) is 29.3 Å². The highest BCUT2D eigenvalue weighted by Gasteiger charge is 2.20. The van der Waals surface area contributed by atoms with Crippen LogP contribution in [0.5, 0.6) is 0 Å². The standard InChI is InChI=1S/C14H20N4/c1-11-6-8-18(9-7-11)14-5-4-13(16-17-14)10-15-12-2-3-12/h4-6,12,15H,2-3,7-10H2,1H3. The van der Waals surface area contributed by atoms with Crippen LogP contribution < -0.4 is 10.2 Å². The summed E-state index contributed by atoms with van der Waals surface area (Å²) in [6.45, 7) is 5.05. The minimum Gasteiger partial charge on any atom is -0.351 e. The van der Waals surface area contributed by atoms with E-state index in [9.17, 15) is 0 Å². The first-order chi connectivity index (χ1) is 8.81. The molecule has 0 atom stereocenters. The van der Waals surface area contributed by atoms with Gasteiger partial charge in [-0.05, 0) is 38.3 Å². The lowest BCUT2D eigenvalue weighted by Crippen LogP contribution is -2.29. The molecule has 0 radical (unpaired) electrons. The maximum Gasteiger partial charge on any atom is 0.151 e. The van der Waals surface area contributed by atoms with Gasteiger partial charge in [0.05, 0.1) is 5.69 Å². The fraction of sp³-hybridized carbons (Fsp3) is 0.571. The van der Waals surface area contributed by atoms with Crippen molar-refractivity contribution in [3.05, 3.63) is 29.5 Å². The molecule has 0 unspecified atom stereocenters. The molecule has 1 aromatic rings. The van der Waals surface area contributed by atoms with Crippen LogP contribution >= 0.6 is 0 Å². The maximum absolute atomic E-state index is 4.33. The molecule has 96 valence electrons. The van der Waals surface area contributed by atoms with E-state index in [1.54, 1.807) is 0 Å². The molecule has 1 aliphatic carbocycles. The fourth-order valence-electron chi connectivity index (χ4n) is 2.13. The summed E-state index contributed by atoms with van der Waals surface area (Å²) in [6, 6.07) is 4.90. The van der Waals surface area contributed by atoms with Crippen LogP contribution in [0.3, 0.4) is 0 Å². The normalized spacial score (nSPS) is 19.8. The summed E-state index contributed by atoms with van der Waals surface area (Å²) in [6.07, 6.45) is 6.02. The predicted octanol–water partition coefficient (Wildman–Crippen LogP) is 1.89. The largest absolute Gasteiger partial charge is 0.351 e. The maximum atomic E-state index is 4.33. The predicted molar refractivity (Wildman–Crippen MR) is 72.5 cm³/mol. The summed E-state index contributed by atoms with van der Waals surface area (Å²) < 4.78 is 0. The zero-order valence-corrected chi connectivity index (χ0v) is 10.9. The lowest BCUT2D eigenvalue weighted by Gasteiger charge is -2.25. The molecule has 3 rings (SSSR count). The van der Waals surface area contributed by atoms with E-state index in [-0.39, 0.29) is 0 Å². The first kappa shape index (κ1) is 11.7. The first-order valence-electron chi connectivity index (χ1n) is 6.78. The summed E-state index contributed by atoms with van der Waals surface area (Å²) in [4.78, 5) is 2.28. The van der Waals surface area contributed by atoms with Crippen LogP contribution in [-0.2, 0) is 6.54 Å². The van der Waals surface area contributed by atoms with Crippen LogP contribution in [0, 0.1) is 0 Å². The Kier molecular flexibility index (Phi) is 3.28. The molecule has 1 aliphatic heterocycles. The quantitative estimate of drug-likeness (QED) is 0.821. The summed E-state index contributed by atoms with van der Waals surface area (Å²) in [5, 5.41) is 12.1. The van der Waals surface area contributed by atoms with Gasteiger partial charge in [-0.25, -0.2) is 0 Å². The van der Waals surface area contributed by atoms with Crippen molar-refractivity contribution in [2.45, 2.75) is 38.8 Å². The SMILES string of the molecule is CC1=CCN(c2ccc(CNC3CC3)nn2)CC1. The minimum atomic E-state index is 0.724. The van der Waals surface area contributed by atoms with Crippen LogP contribution in [0.1, 0.15) is 31.9 Å². The van der Waals surface area contributed by atoms with E-state index < -0.39 is 0 Å². The lowest BCUT2D eigenvalue weighted by molar-refractivity contribution is 0.662. The summed E-state index contributed by atoms with van der Waals surface area (Å²) >= 11 is 0. The van der Waals surface area contributed by atoms with E-state index in [4.69, 9.17) is 0 Å². The van der Waals surface area contributed by atoms with Gasteiger partial charge in [0.15, 0.2) is 5.82 Å². The molecule has 1 aromatic heterocycles. The number of aromatic nitrogens is 2. The van der Waals surface area contributed by atoms with Crippen molar-refractivity contribution >= 4 is 5.82 Å². The van der Waals surface area contributed by atoms with Gasteiger partial charge in [-0.15, -0.1) is 5.10 Å². The fourth-order valence-corrected chi connectivity index (χ4v) is 2.13. The van der Waals surface area contributed by atoms with Crippen molar-refractivity contribution in [1.82, 2.24) is 15.5 Å². The Bertz CT molecular complexity index is 434. The molecule has 1 fully saturated rings. The highest BCUT2D eigenvalue weighted by atomic mass is 15.3. The van der Waals surface area contributed by atoms with Gasteiger partial charge in [-0.3, -0.25) is 0 Å². The summed E-state index contributed by atoms with van der Waals surface area (Å²) in [7, 11) is 0. The molecular weight excluding hydrogens is 224 g/mol. The van der Waals surface area contributed by atoms with Crippen molar-refractivity contribution in [3.8, 4) is 0 Å². The first-order valence-corrected chi connectivity index (χ1v) is 6.78. The van der Waals surface area contributed by atoms with Crippen molar-refractivity contribution in [1.29, 1.82) is 0 Å². The van der Waals surface area contributed by atoms with Crippen molar-refractivity contribution in [2.24, 2.45) is 0 Å². The molecule has 2 aliphatic rings. The van der Waals surface area contributed by atoms with Gasteiger partial charge in [0.25, 0.3) is 0 Å². The monoisotopic (exact) mass is 244 g/mol. The highest BCUT2D eigenvalue weighted by Crippen LogP contribution is 2.19. The molecule has 0 bridgehead atoms. The van der Waals surface area contributed by atoms with Crippen molar-refractivity contribution < 1.29 is 0 Å². The van der Waals surface area contributed by atoms with Crippen LogP contribution in [0.25, 0.3) is 0 Å². The molecule has 0 spiro atoms. The molecule has 0 aromatic carbocycles. The van der Waals surface area contributed by atoms with E-state index in [0.717, 1.165) is 43.6 Å². The van der Waals surface area contributed by atoms with Gasteiger partial charge >= 0.3 is 0 Å². The zero-order valence-electron chi connectivity index (χ0n) is 10.9. The number of nitrogens with one attached hydrogen (secondary N) is 1. The molecule has 4 heteroatoms. The number of hydrogen-bond donors (Lipinski definition) is 1. The van der Waals surface area contributed by atoms with Crippen molar-refractivity contribution in [3.63, 3.8) is 0 Å². The Morgan fingerprint density at radius 1 is 1.33 bits per heavy atom. The van der Waals surface area contributed by atoms with Gasteiger partial charge in [0.1, 0.15) is 0 Å². The Labute approximate surface area is 108 Å². The second-order valence-corrected chi connectivity index (χ2v) is 5.28. The van der Waals surface area contributed by atoms with E-state index in [1.165, 1.54) is 18.4 Å². The third-order valence-electron chi connectivity index (χ3n) is 3.62. The molecule has 4 nitrogen and oxygen atoms in total. The minimum absolute atomic E-state index is 0.724. The van der Waals surface area contributed by atoms with E-state index in [1.807, 2.05) is 0 Å². The van der Waals surface area contributed by atoms with Crippen LogP contribution in [0.2, 0.25) is 0 Å². The second-order valence-electron chi connectivity index (χ2n) is 5.28. The third kappa shape index (κ3) is 2.88. The van der Waals surface area contributed by atoms with Gasteiger partial charge in [-0.1, -0.05) is 11.6 Å². The second kappa shape index (κ2) is 5.06. The van der Waals surface area contributed by atoms with E-state index in [2.05, 4.69) is 45.5 Å². The van der Waals surface area contributed by atoms with Gasteiger partial charge in [0, 0.05) is 25.7 Å². The Morgan fingerprint density at radius 3 is 2.83 bits per heavy atom. The van der Waals surface area contributed by atoms with Crippen LogP contribution in [0.15, 0.2) is 23.8 Å². The highest BCUT2D eigenvalue weighted by molar-refractivity contribution is 5.40. The zero-order chi connectivity index (χ0) is 12.4. The number of hydrogen-bond acceptors (Lipinski definition) is 4. The van der Waals surface area contributed by atoms with Crippen LogP contribution in [0.4, 0.5) is 5.82 Å². The van der Waals surface area contributed by atoms with E-state index >= 15 is 0 Å². The number of nitrogens with zero attached hydrogens (tertiary/aromatic N) is 3. The molecule has 18 heavy (non-hydrogen) atoms. The van der Waals surface area contributed by atoms with Crippen molar-refractivity contribution in [2.75, 3.05) is 18.0 Å². The van der Waals surface area contributed by atoms with Gasteiger partial charge < -0.3 is 10.2 Å². The van der Waals surface area contributed by atoms with Gasteiger partial charge in [0.2, 0.25) is 0 Å². The Morgan fingerprint density at radius 2 is 2.22 bits per heavy atom. The third-order valence-corrected chi connectivity index (χ3v) is 3.62. The average Bonchev–Trinajstić information content (AvgIpc) is 3.22. The molecule has 0 saturated heterocycles. The lowest BCUT2D eigenvalue weighted by atomic mass is 10.1. The Hall–Kier alpha value is -1.42. The molecule has 0 amide bonds. The van der Waals surface area contributed by atoms with E-state index in [0.29, 0.717) is 0 Å². The number of rotatable bonds is 4.